The standard InChI is InChI=1S/C18H21N3O4/c1-4-13-6-5-7-14(10-13)19-12(2)18(22)20-16-11-15(21(23)24)8-9-17(16)25-3/h5-12,19H,4H2,1-3H3,(H,20,22). The van der Waals surface area contributed by atoms with Gasteiger partial charge in [0.15, 0.2) is 0 Å². The Kier molecular flexibility index (Phi) is 5.94. The van der Waals surface area contributed by atoms with E-state index in [4.69, 9.17) is 4.74 Å². The van der Waals surface area contributed by atoms with Crippen molar-refractivity contribution in [2.45, 2.75) is 26.3 Å². The number of carbonyl (C=O) groups excluding carboxylic acids is 1. The first kappa shape index (κ1) is 18.3. The highest BCUT2D eigenvalue weighted by Gasteiger charge is 2.17. The lowest BCUT2D eigenvalue weighted by Gasteiger charge is -2.17. The van der Waals surface area contributed by atoms with Crippen molar-refractivity contribution in [1.82, 2.24) is 0 Å². The number of non-ortho nitro benzene ring substituents is 1. The highest BCUT2D eigenvalue weighted by Crippen LogP contribution is 2.29. The summed E-state index contributed by atoms with van der Waals surface area (Å²) in [6.07, 6.45) is 0.904. The van der Waals surface area contributed by atoms with Gasteiger partial charge in [-0.25, -0.2) is 0 Å². The van der Waals surface area contributed by atoms with Gasteiger partial charge in [0.2, 0.25) is 5.91 Å². The van der Waals surface area contributed by atoms with Crippen LogP contribution in [0.4, 0.5) is 17.1 Å². The van der Waals surface area contributed by atoms with Crippen molar-refractivity contribution in [3.05, 3.63) is 58.1 Å². The van der Waals surface area contributed by atoms with Gasteiger partial charge in [-0.1, -0.05) is 19.1 Å². The monoisotopic (exact) mass is 343 g/mol. The molecular formula is C18H21N3O4. The molecule has 2 aromatic rings. The van der Waals surface area contributed by atoms with E-state index in [1.54, 1.807) is 6.92 Å². The van der Waals surface area contributed by atoms with Crippen LogP contribution in [0.25, 0.3) is 0 Å². The largest absolute Gasteiger partial charge is 0.495 e. The van der Waals surface area contributed by atoms with E-state index in [-0.39, 0.29) is 17.3 Å². The van der Waals surface area contributed by atoms with Gasteiger partial charge in [-0.15, -0.1) is 0 Å². The highest BCUT2D eigenvalue weighted by molar-refractivity contribution is 5.97. The molecule has 0 aliphatic rings. The summed E-state index contributed by atoms with van der Waals surface area (Å²) >= 11 is 0. The highest BCUT2D eigenvalue weighted by atomic mass is 16.6. The summed E-state index contributed by atoms with van der Waals surface area (Å²) in [4.78, 5) is 22.8. The number of benzene rings is 2. The number of nitro groups is 1. The van der Waals surface area contributed by atoms with E-state index in [0.717, 1.165) is 17.7 Å². The smallest absolute Gasteiger partial charge is 0.271 e. The Hall–Kier alpha value is -3.09. The number of aryl methyl sites for hydroxylation is 1. The van der Waals surface area contributed by atoms with Gasteiger partial charge < -0.3 is 15.4 Å². The number of ether oxygens (including phenoxy) is 1. The second-order valence-corrected chi connectivity index (χ2v) is 5.55. The van der Waals surface area contributed by atoms with E-state index in [1.165, 1.54) is 25.3 Å². The number of nitro benzene ring substituents is 1. The molecule has 0 saturated heterocycles. The van der Waals surface area contributed by atoms with Gasteiger partial charge in [0.1, 0.15) is 11.8 Å². The Morgan fingerprint density at radius 1 is 1.28 bits per heavy atom. The quantitative estimate of drug-likeness (QED) is 0.592. The van der Waals surface area contributed by atoms with Crippen LogP contribution in [0.5, 0.6) is 5.75 Å². The SMILES string of the molecule is CCc1cccc(NC(C)C(=O)Nc2cc([N+](=O)[O-])ccc2OC)c1. The lowest BCUT2D eigenvalue weighted by molar-refractivity contribution is -0.384. The lowest BCUT2D eigenvalue weighted by atomic mass is 10.1. The minimum absolute atomic E-state index is 0.118. The Bertz CT molecular complexity index is 777. The maximum Gasteiger partial charge on any atom is 0.271 e. The molecule has 0 bridgehead atoms. The number of rotatable bonds is 7. The first-order valence-corrected chi connectivity index (χ1v) is 7.93. The van der Waals surface area contributed by atoms with Crippen LogP contribution in [0.2, 0.25) is 0 Å². The molecule has 0 radical (unpaired) electrons. The Morgan fingerprint density at radius 3 is 2.68 bits per heavy atom. The van der Waals surface area contributed by atoms with Crippen LogP contribution in [0, 0.1) is 10.1 Å². The molecule has 1 unspecified atom stereocenters. The fourth-order valence-corrected chi connectivity index (χ4v) is 2.34. The van der Waals surface area contributed by atoms with Gasteiger partial charge in [0.25, 0.3) is 5.69 Å². The third-order valence-corrected chi connectivity index (χ3v) is 3.76. The first-order valence-electron chi connectivity index (χ1n) is 7.93. The normalized spacial score (nSPS) is 11.5. The number of nitrogens with zero attached hydrogens (tertiary/aromatic N) is 1. The maximum absolute atomic E-state index is 12.4. The van der Waals surface area contributed by atoms with Gasteiger partial charge in [0.05, 0.1) is 17.7 Å². The molecule has 1 atom stereocenters. The molecule has 25 heavy (non-hydrogen) atoms. The summed E-state index contributed by atoms with van der Waals surface area (Å²) in [5, 5.41) is 16.7. The zero-order chi connectivity index (χ0) is 18.4. The topological polar surface area (TPSA) is 93.5 Å². The number of amides is 1. The minimum atomic E-state index is -0.531. The maximum atomic E-state index is 12.4. The average molecular weight is 343 g/mol. The second kappa shape index (κ2) is 8.14. The molecule has 7 nitrogen and oxygen atoms in total. The molecule has 2 rings (SSSR count). The van der Waals surface area contributed by atoms with Crippen molar-refractivity contribution >= 4 is 23.0 Å². The van der Waals surface area contributed by atoms with E-state index in [2.05, 4.69) is 17.6 Å². The van der Waals surface area contributed by atoms with Crippen LogP contribution < -0.4 is 15.4 Å². The molecular weight excluding hydrogens is 322 g/mol. The number of nitrogens with one attached hydrogen (secondary N) is 2. The van der Waals surface area contributed by atoms with Gasteiger partial charge >= 0.3 is 0 Å². The fraction of sp³-hybridized carbons (Fsp3) is 0.278. The van der Waals surface area contributed by atoms with E-state index >= 15 is 0 Å². The molecule has 7 heteroatoms. The van der Waals surface area contributed by atoms with E-state index in [0.29, 0.717) is 5.75 Å². The predicted octanol–water partition coefficient (Wildman–Crippen LogP) is 3.60. The van der Waals surface area contributed by atoms with Gasteiger partial charge in [-0.05, 0) is 37.1 Å². The van der Waals surface area contributed by atoms with Gasteiger partial charge in [0, 0.05) is 17.8 Å². The summed E-state index contributed by atoms with van der Waals surface area (Å²) in [5.41, 5.74) is 2.15. The molecule has 0 aromatic heterocycles. The molecule has 0 aliphatic carbocycles. The second-order valence-electron chi connectivity index (χ2n) is 5.55. The van der Waals surface area contributed by atoms with Crippen molar-refractivity contribution in [1.29, 1.82) is 0 Å². The van der Waals surface area contributed by atoms with Crippen LogP contribution in [0.3, 0.4) is 0 Å². The van der Waals surface area contributed by atoms with Crippen LogP contribution >= 0.6 is 0 Å². The number of hydrogen-bond acceptors (Lipinski definition) is 5. The van der Waals surface area contributed by atoms with E-state index in [9.17, 15) is 14.9 Å². The lowest BCUT2D eigenvalue weighted by Crippen LogP contribution is -2.32. The van der Waals surface area contributed by atoms with Crippen LogP contribution in [-0.2, 0) is 11.2 Å². The van der Waals surface area contributed by atoms with Crippen molar-refractivity contribution in [2.24, 2.45) is 0 Å². The Balaban J connectivity index is 2.12. The van der Waals surface area contributed by atoms with Crippen molar-refractivity contribution in [3.63, 3.8) is 0 Å². The fourth-order valence-electron chi connectivity index (χ4n) is 2.34. The predicted molar refractivity (Wildman–Crippen MR) is 97.2 cm³/mol. The summed E-state index contributed by atoms with van der Waals surface area (Å²) in [5.74, 6) is 0.0415. The average Bonchev–Trinajstić information content (AvgIpc) is 2.61. The molecule has 132 valence electrons. The molecule has 0 heterocycles. The molecule has 0 saturated carbocycles. The third-order valence-electron chi connectivity index (χ3n) is 3.76. The molecule has 1 amide bonds. The van der Waals surface area contributed by atoms with Crippen molar-refractivity contribution < 1.29 is 14.5 Å². The van der Waals surface area contributed by atoms with E-state index < -0.39 is 11.0 Å². The number of methoxy groups -OCH3 is 1. The molecule has 2 aromatic carbocycles. The first-order chi connectivity index (χ1) is 11.9. The third kappa shape index (κ3) is 4.69. The summed E-state index contributed by atoms with van der Waals surface area (Å²) in [6, 6.07) is 11.3. The Morgan fingerprint density at radius 2 is 2.04 bits per heavy atom. The number of anilines is 2. The summed E-state index contributed by atoms with van der Waals surface area (Å²) in [7, 11) is 1.44. The van der Waals surface area contributed by atoms with E-state index in [1.807, 2.05) is 24.3 Å². The zero-order valence-electron chi connectivity index (χ0n) is 14.4. The van der Waals surface area contributed by atoms with Gasteiger partial charge in [-0.2, -0.15) is 0 Å². The summed E-state index contributed by atoms with van der Waals surface area (Å²) in [6.45, 7) is 3.78. The van der Waals surface area contributed by atoms with Crippen molar-refractivity contribution in [3.8, 4) is 5.75 Å². The summed E-state index contributed by atoms with van der Waals surface area (Å²) < 4.78 is 5.15. The molecule has 0 aliphatic heterocycles. The number of carbonyl (C=O) groups is 1. The molecule has 0 fully saturated rings. The molecule has 2 N–H and O–H groups in total. The molecule has 0 spiro atoms. The zero-order valence-corrected chi connectivity index (χ0v) is 14.4. The van der Waals surface area contributed by atoms with Crippen LogP contribution in [-0.4, -0.2) is 24.0 Å². The van der Waals surface area contributed by atoms with Gasteiger partial charge in [-0.3, -0.25) is 14.9 Å². The van der Waals surface area contributed by atoms with Crippen LogP contribution in [0.15, 0.2) is 42.5 Å². The van der Waals surface area contributed by atoms with Crippen molar-refractivity contribution in [2.75, 3.05) is 17.7 Å². The van der Waals surface area contributed by atoms with Crippen LogP contribution in [0.1, 0.15) is 19.4 Å². The Labute approximate surface area is 146 Å². The minimum Gasteiger partial charge on any atom is -0.495 e. The number of hydrogen-bond donors (Lipinski definition) is 2.